The van der Waals surface area contributed by atoms with Crippen molar-refractivity contribution in [2.75, 3.05) is 0 Å². The molecule has 5 nitrogen and oxygen atoms in total. The summed E-state index contributed by atoms with van der Waals surface area (Å²) in [6, 6.07) is -0.509. The lowest BCUT2D eigenvalue weighted by molar-refractivity contribution is -0.127. The first-order valence-electron chi connectivity index (χ1n) is 4.86. The molecular weight excluding hydrogens is 182 g/mol. The Morgan fingerprint density at radius 1 is 1.71 bits per heavy atom. The van der Waals surface area contributed by atoms with Crippen LogP contribution in [0.5, 0.6) is 0 Å². The van der Waals surface area contributed by atoms with Crippen molar-refractivity contribution in [2.24, 2.45) is 5.73 Å². The molecule has 2 amide bonds. The molecule has 2 unspecified atom stereocenters. The van der Waals surface area contributed by atoms with E-state index in [4.69, 9.17) is 5.73 Å². The van der Waals surface area contributed by atoms with E-state index in [1.165, 1.54) is 0 Å². The quantitative estimate of drug-likeness (QED) is 0.540. The molecule has 0 spiro atoms. The SMILES string of the molecule is CC1NC(=O)CCC1NC(=O)[C@H](C)N. The number of carbonyl (C=O) groups is 2. The van der Waals surface area contributed by atoms with Crippen molar-refractivity contribution in [3.8, 4) is 0 Å². The van der Waals surface area contributed by atoms with E-state index in [0.717, 1.165) is 0 Å². The molecule has 1 heterocycles. The van der Waals surface area contributed by atoms with Gasteiger partial charge in [-0.25, -0.2) is 0 Å². The molecule has 4 N–H and O–H groups in total. The average Bonchev–Trinajstić information content (AvgIpc) is 2.09. The Kier molecular flexibility index (Phi) is 3.46. The number of hydrogen-bond acceptors (Lipinski definition) is 3. The van der Waals surface area contributed by atoms with Gasteiger partial charge in [-0.1, -0.05) is 0 Å². The summed E-state index contributed by atoms with van der Waals surface area (Å²) in [5.74, 6) is -0.123. The standard InChI is InChI=1S/C9H17N3O2/c1-5(10)9(14)12-7-3-4-8(13)11-6(7)2/h5-7H,3-4,10H2,1-2H3,(H,11,13)(H,12,14)/t5-,6?,7?/m0/s1. The fourth-order valence-corrected chi connectivity index (χ4v) is 1.47. The van der Waals surface area contributed by atoms with Gasteiger partial charge in [-0.2, -0.15) is 0 Å². The average molecular weight is 199 g/mol. The van der Waals surface area contributed by atoms with Gasteiger partial charge in [0.1, 0.15) is 0 Å². The monoisotopic (exact) mass is 199 g/mol. The molecule has 1 aliphatic rings. The molecule has 0 bridgehead atoms. The van der Waals surface area contributed by atoms with E-state index in [9.17, 15) is 9.59 Å². The van der Waals surface area contributed by atoms with Crippen LogP contribution in [0.25, 0.3) is 0 Å². The summed E-state index contributed by atoms with van der Waals surface area (Å²) in [5, 5.41) is 5.59. The summed E-state index contributed by atoms with van der Waals surface area (Å²) >= 11 is 0. The highest BCUT2D eigenvalue weighted by Crippen LogP contribution is 2.09. The van der Waals surface area contributed by atoms with Crippen LogP contribution in [0.4, 0.5) is 0 Å². The van der Waals surface area contributed by atoms with Crippen LogP contribution in [0.1, 0.15) is 26.7 Å². The largest absolute Gasteiger partial charge is 0.352 e. The highest BCUT2D eigenvalue weighted by atomic mass is 16.2. The molecule has 1 rings (SSSR count). The van der Waals surface area contributed by atoms with E-state index < -0.39 is 6.04 Å². The van der Waals surface area contributed by atoms with Crippen molar-refractivity contribution >= 4 is 11.8 Å². The van der Waals surface area contributed by atoms with Crippen molar-refractivity contribution in [1.82, 2.24) is 10.6 Å². The van der Waals surface area contributed by atoms with Gasteiger partial charge in [0, 0.05) is 18.5 Å². The maximum atomic E-state index is 11.3. The van der Waals surface area contributed by atoms with Crippen LogP contribution >= 0.6 is 0 Å². The maximum absolute atomic E-state index is 11.3. The fraction of sp³-hybridized carbons (Fsp3) is 0.778. The minimum atomic E-state index is -0.500. The number of rotatable bonds is 2. The predicted molar refractivity (Wildman–Crippen MR) is 52.4 cm³/mol. The second-order valence-electron chi connectivity index (χ2n) is 3.80. The second-order valence-corrected chi connectivity index (χ2v) is 3.80. The summed E-state index contributed by atoms with van der Waals surface area (Å²) in [6.07, 6.45) is 1.15. The molecule has 0 aliphatic carbocycles. The molecule has 0 saturated carbocycles. The van der Waals surface area contributed by atoms with E-state index in [1.54, 1.807) is 6.92 Å². The van der Waals surface area contributed by atoms with Crippen LogP contribution in [0.3, 0.4) is 0 Å². The summed E-state index contributed by atoms with van der Waals surface area (Å²) in [5.41, 5.74) is 5.43. The van der Waals surface area contributed by atoms with Gasteiger partial charge < -0.3 is 16.4 Å². The van der Waals surface area contributed by atoms with E-state index in [2.05, 4.69) is 10.6 Å². The van der Waals surface area contributed by atoms with Gasteiger partial charge in [0.15, 0.2) is 0 Å². The zero-order valence-electron chi connectivity index (χ0n) is 8.54. The van der Waals surface area contributed by atoms with Crippen molar-refractivity contribution in [3.63, 3.8) is 0 Å². The first-order chi connectivity index (χ1) is 6.50. The molecule has 1 aliphatic heterocycles. The van der Waals surface area contributed by atoms with Crippen LogP contribution in [0.15, 0.2) is 0 Å². The molecule has 0 aromatic carbocycles. The molecule has 1 fully saturated rings. The van der Waals surface area contributed by atoms with Crippen LogP contribution in [0.2, 0.25) is 0 Å². The third-order valence-electron chi connectivity index (χ3n) is 2.42. The minimum Gasteiger partial charge on any atom is -0.352 e. The van der Waals surface area contributed by atoms with Gasteiger partial charge in [0.2, 0.25) is 11.8 Å². The smallest absolute Gasteiger partial charge is 0.236 e. The molecule has 0 aromatic heterocycles. The lowest BCUT2D eigenvalue weighted by Crippen LogP contribution is -2.56. The Labute approximate surface area is 83.4 Å². The molecular formula is C9H17N3O2. The Morgan fingerprint density at radius 3 is 2.86 bits per heavy atom. The zero-order chi connectivity index (χ0) is 10.7. The highest BCUT2D eigenvalue weighted by molar-refractivity contribution is 5.82. The molecule has 80 valence electrons. The summed E-state index contributed by atoms with van der Waals surface area (Å²) in [7, 11) is 0. The third kappa shape index (κ3) is 2.70. The van der Waals surface area contributed by atoms with Crippen molar-refractivity contribution < 1.29 is 9.59 Å². The van der Waals surface area contributed by atoms with Gasteiger partial charge in [-0.05, 0) is 20.3 Å². The maximum Gasteiger partial charge on any atom is 0.236 e. The normalized spacial score (nSPS) is 29.2. The van der Waals surface area contributed by atoms with Crippen LogP contribution in [-0.4, -0.2) is 29.9 Å². The number of nitrogens with one attached hydrogen (secondary N) is 2. The topological polar surface area (TPSA) is 84.2 Å². The molecule has 3 atom stereocenters. The van der Waals surface area contributed by atoms with Crippen molar-refractivity contribution in [2.45, 2.75) is 44.8 Å². The van der Waals surface area contributed by atoms with Crippen LogP contribution in [-0.2, 0) is 9.59 Å². The van der Waals surface area contributed by atoms with E-state index in [-0.39, 0.29) is 23.9 Å². The lowest BCUT2D eigenvalue weighted by atomic mass is 9.99. The van der Waals surface area contributed by atoms with Gasteiger partial charge in [-0.3, -0.25) is 9.59 Å². The van der Waals surface area contributed by atoms with Crippen LogP contribution in [0, 0.1) is 0 Å². The lowest BCUT2D eigenvalue weighted by Gasteiger charge is -2.30. The first kappa shape index (κ1) is 11.0. The Hall–Kier alpha value is -1.10. The van der Waals surface area contributed by atoms with Crippen LogP contribution < -0.4 is 16.4 Å². The number of piperidine rings is 1. The zero-order valence-corrected chi connectivity index (χ0v) is 8.54. The summed E-state index contributed by atoms with van der Waals surface area (Å²) in [6.45, 7) is 3.52. The Morgan fingerprint density at radius 2 is 2.36 bits per heavy atom. The molecule has 5 heteroatoms. The predicted octanol–water partition coefficient (Wildman–Crippen LogP) is -0.883. The van der Waals surface area contributed by atoms with Crippen molar-refractivity contribution in [3.05, 3.63) is 0 Å². The summed E-state index contributed by atoms with van der Waals surface area (Å²) in [4.78, 5) is 22.3. The van der Waals surface area contributed by atoms with E-state index in [1.807, 2.05) is 6.92 Å². The number of amides is 2. The third-order valence-corrected chi connectivity index (χ3v) is 2.42. The van der Waals surface area contributed by atoms with Gasteiger partial charge in [0.05, 0.1) is 6.04 Å². The Balaban J connectivity index is 2.45. The van der Waals surface area contributed by atoms with Gasteiger partial charge in [0.25, 0.3) is 0 Å². The minimum absolute atomic E-state index is 0.00574. The second kappa shape index (κ2) is 4.41. The number of carbonyl (C=O) groups excluding carboxylic acids is 2. The molecule has 1 saturated heterocycles. The van der Waals surface area contributed by atoms with Gasteiger partial charge >= 0.3 is 0 Å². The van der Waals surface area contributed by atoms with Gasteiger partial charge in [-0.15, -0.1) is 0 Å². The fourth-order valence-electron chi connectivity index (χ4n) is 1.47. The number of hydrogen-bond donors (Lipinski definition) is 3. The summed E-state index contributed by atoms with van der Waals surface area (Å²) < 4.78 is 0. The van der Waals surface area contributed by atoms with E-state index in [0.29, 0.717) is 12.8 Å². The van der Waals surface area contributed by atoms with Crippen molar-refractivity contribution in [1.29, 1.82) is 0 Å². The van der Waals surface area contributed by atoms with E-state index >= 15 is 0 Å². The molecule has 14 heavy (non-hydrogen) atoms. The number of nitrogens with two attached hydrogens (primary N) is 1. The Bertz CT molecular complexity index is 240. The molecule has 0 radical (unpaired) electrons. The molecule has 0 aromatic rings. The highest BCUT2D eigenvalue weighted by Gasteiger charge is 2.26. The first-order valence-corrected chi connectivity index (χ1v) is 4.86.